The zero-order chi connectivity index (χ0) is 12.1. The molecule has 1 atom stereocenters. The molecule has 1 amide bonds. The fraction of sp³-hybridized carbons (Fsp3) is 0.462. The summed E-state index contributed by atoms with van der Waals surface area (Å²) in [6.45, 7) is 6.33. The van der Waals surface area contributed by atoms with E-state index in [0.717, 1.165) is 10.9 Å². The topological polar surface area (TPSA) is 29.1 Å². The summed E-state index contributed by atoms with van der Waals surface area (Å²) in [5, 5.41) is 3.05. The van der Waals surface area contributed by atoms with Crippen molar-refractivity contribution < 1.29 is 4.79 Å². The molecule has 0 aliphatic carbocycles. The van der Waals surface area contributed by atoms with Gasteiger partial charge in [-0.1, -0.05) is 36.7 Å². The van der Waals surface area contributed by atoms with Gasteiger partial charge in [-0.15, -0.1) is 0 Å². The molecular formula is C13H18BrNO. The highest BCUT2D eigenvalue weighted by Crippen LogP contribution is 2.12. The Labute approximate surface area is 106 Å². The Kier molecular flexibility index (Phi) is 5.00. The van der Waals surface area contributed by atoms with Gasteiger partial charge in [0.05, 0.1) is 0 Å². The van der Waals surface area contributed by atoms with Gasteiger partial charge in [-0.25, -0.2) is 0 Å². The van der Waals surface area contributed by atoms with Crippen molar-refractivity contribution in [3.63, 3.8) is 0 Å². The molecule has 0 saturated carbocycles. The summed E-state index contributed by atoms with van der Waals surface area (Å²) in [4.78, 5) is 11.9. The molecule has 2 nitrogen and oxygen atoms in total. The van der Waals surface area contributed by atoms with Gasteiger partial charge in [0.15, 0.2) is 0 Å². The van der Waals surface area contributed by atoms with Crippen molar-refractivity contribution in [3.8, 4) is 0 Å². The molecule has 0 fully saturated rings. The van der Waals surface area contributed by atoms with Crippen LogP contribution in [0.5, 0.6) is 0 Å². The van der Waals surface area contributed by atoms with Crippen molar-refractivity contribution >= 4 is 21.8 Å². The number of halogens is 1. The third-order valence-corrected chi connectivity index (χ3v) is 3.20. The monoisotopic (exact) mass is 283 g/mol. The normalized spacial score (nSPS) is 12.6. The molecule has 3 heteroatoms. The number of nitrogens with one attached hydrogen (secondary N) is 1. The predicted octanol–water partition coefficient (Wildman–Crippen LogP) is 3.61. The minimum atomic E-state index is 0.00745. The summed E-state index contributed by atoms with van der Waals surface area (Å²) in [7, 11) is 0. The molecule has 0 bridgehead atoms. The zero-order valence-electron chi connectivity index (χ0n) is 9.96. The maximum atomic E-state index is 11.9. The molecular weight excluding hydrogens is 266 g/mol. The summed E-state index contributed by atoms with van der Waals surface area (Å²) in [6, 6.07) is 7.66. The lowest BCUT2D eigenvalue weighted by Gasteiger charge is -2.20. The lowest BCUT2D eigenvalue weighted by Crippen LogP contribution is -2.37. The van der Waals surface area contributed by atoms with Crippen LogP contribution in [0, 0.1) is 5.92 Å². The average Bonchev–Trinajstić information content (AvgIpc) is 2.26. The molecule has 0 aliphatic rings. The van der Waals surface area contributed by atoms with Gasteiger partial charge in [-0.05, 0) is 36.6 Å². The first-order chi connectivity index (χ1) is 7.54. The van der Waals surface area contributed by atoms with E-state index in [1.807, 2.05) is 24.3 Å². The van der Waals surface area contributed by atoms with Crippen LogP contribution in [0.15, 0.2) is 28.7 Å². The van der Waals surface area contributed by atoms with Crippen molar-refractivity contribution in [2.24, 2.45) is 5.92 Å². The first-order valence-corrected chi connectivity index (χ1v) is 6.40. The number of amides is 1. The van der Waals surface area contributed by atoms with Crippen LogP contribution in [0.4, 0.5) is 0 Å². The zero-order valence-corrected chi connectivity index (χ0v) is 11.5. The largest absolute Gasteiger partial charge is 0.349 e. The maximum absolute atomic E-state index is 11.9. The minimum Gasteiger partial charge on any atom is -0.349 e. The molecule has 0 spiro atoms. The highest BCUT2D eigenvalue weighted by atomic mass is 79.9. The van der Waals surface area contributed by atoms with E-state index in [1.54, 1.807) is 0 Å². The van der Waals surface area contributed by atoms with Gasteiger partial charge in [0.2, 0.25) is 0 Å². The average molecular weight is 284 g/mol. The molecule has 16 heavy (non-hydrogen) atoms. The molecule has 88 valence electrons. The van der Waals surface area contributed by atoms with Gasteiger partial charge in [0.1, 0.15) is 0 Å². The van der Waals surface area contributed by atoms with Gasteiger partial charge in [0.25, 0.3) is 5.91 Å². The minimum absolute atomic E-state index is 0.00745. The molecule has 0 aromatic heterocycles. The van der Waals surface area contributed by atoms with Crippen LogP contribution in [-0.2, 0) is 0 Å². The molecule has 1 rings (SSSR count). The summed E-state index contributed by atoms with van der Waals surface area (Å²) >= 11 is 3.35. The lowest BCUT2D eigenvalue weighted by molar-refractivity contribution is 0.0924. The fourth-order valence-corrected chi connectivity index (χ4v) is 1.86. The van der Waals surface area contributed by atoms with E-state index >= 15 is 0 Å². The molecule has 1 aromatic carbocycles. The van der Waals surface area contributed by atoms with E-state index in [9.17, 15) is 4.79 Å². The quantitative estimate of drug-likeness (QED) is 0.899. The van der Waals surface area contributed by atoms with Gasteiger partial charge in [-0.3, -0.25) is 4.79 Å². The van der Waals surface area contributed by atoms with Gasteiger partial charge < -0.3 is 5.32 Å². The van der Waals surface area contributed by atoms with E-state index < -0.39 is 0 Å². The predicted molar refractivity (Wildman–Crippen MR) is 70.5 cm³/mol. The lowest BCUT2D eigenvalue weighted by atomic mass is 10.0. The smallest absolute Gasteiger partial charge is 0.251 e. The second-order valence-electron chi connectivity index (χ2n) is 4.24. The van der Waals surface area contributed by atoms with Crippen molar-refractivity contribution in [2.75, 3.05) is 0 Å². The standard InChI is InChI=1S/C13H18BrNO/c1-4-12(9(2)3)15-13(16)10-5-7-11(14)8-6-10/h5-9,12H,4H2,1-3H3,(H,15,16)/t12-/m1/s1. The van der Waals surface area contributed by atoms with E-state index in [4.69, 9.17) is 0 Å². The Morgan fingerprint density at radius 3 is 2.31 bits per heavy atom. The van der Waals surface area contributed by atoms with Crippen LogP contribution in [-0.4, -0.2) is 11.9 Å². The second kappa shape index (κ2) is 6.04. The maximum Gasteiger partial charge on any atom is 0.251 e. The Bertz CT molecular complexity index is 345. The molecule has 0 heterocycles. The molecule has 0 aliphatic heterocycles. The number of hydrogen-bond acceptors (Lipinski definition) is 1. The molecule has 0 radical (unpaired) electrons. The van der Waals surface area contributed by atoms with Crippen LogP contribution >= 0.6 is 15.9 Å². The highest BCUT2D eigenvalue weighted by Gasteiger charge is 2.14. The Morgan fingerprint density at radius 1 is 1.31 bits per heavy atom. The van der Waals surface area contributed by atoms with Crippen LogP contribution in [0.1, 0.15) is 37.6 Å². The highest BCUT2D eigenvalue weighted by molar-refractivity contribution is 9.10. The number of rotatable bonds is 4. The Balaban J connectivity index is 2.68. The van der Waals surface area contributed by atoms with Crippen molar-refractivity contribution in [1.29, 1.82) is 0 Å². The first kappa shape index (κ1) is 13.2. The van der Waals surface area contributed by atoms with E-state index in [-0.39, 0.29) is 11.9 Å². The summed E-state index contributed by atoms with van der Waals surface area (Å²) in [5.41, 5.74) is 0.710. The van der Waals surface area contributed by atoms with E-state index in [1.165, 1.54) is 0 Å². The number of benzene rings is 1. The Morgan fingerprint density at radius 2 is 1.88 bits per heavy atom. The van der Waals surface area contributed by atoms with Crippen molar-refractivity contribution in [2.45, 2.75) is 33.2 Å². The third kappa shape index (κ3) is 3.63. The molecule has 1 N–H and O–H groups in total. The number of carbonyl (C=O) groups excluding carboxylic acids is 1. The van der Waals surface area contributed by atoms with Gasteiger partial charge in [-0.2, -0.15) is 0 Å². The van der Waals surface area contributed by atoms with Gasteiger partial charge >= 0.3 is 0 Å². The fourth-order valence-electron chi connectivity index (χ4n) is 1.59. The van der Waals surface area contributed by atoms with Crippen LogP contribution < -0.4 is 5.32 Å². The van der Waals surface area contributed by atoms with Gasteiger partial charge in [0, 0.05) is 16.1 Å². The SMILES string of the molecule is CC[C@@H](NC(=O)c1ccc(Br)cc1)C(C)C. The van der Waals surface area contributed by atoms with E-state index in [0.29, 0.717) is 11.5 Å². The summed E-state index contributed by atoms with van der Waals surface area (Å²) in [5.74, 6) is 0.470. The molecule has 0 unspecified atom stereocenters. The van der Waals surface area contributed by atoms with Crippen LogP contribution in [0.25, 0.3) is 0 Å². The second-order valence-corrected chi connectivity index (χ2v) is 5.15. The van der Waals surface area contributed by atoms with Crippen LogP contribution in [0.3, 0.4) is 0 Å². The summed E-state index contributed by atoms with van der Waals surface area (Å²) in [6.07, 6.45) is 0.958. The molecule has 1 aromatic rings. The van der Waals surface area contributed by atoms with Crippen molar-refractivity contribution in [1.82, 2.24) is 5.32 Å². The summed E-state index contributed by atoms with van der Waals surface area (Å²) < 4.78 is 0.986. The molecule has 0 saturated heterocycles. The number of hydrogen-bond donors (Lipinski definition) is 1. The van der Waals surface area contributed by atoms with E-state index in [2.05, 4.69) is 42.0 Å². The third-order valence-electron chi connectivity index (χ3n) is 2.67. The van der Waals surface area contributed by atoms with Crippen LogP contribution in [0.2, 0.25) is 0 Å². The van der Waals surface area contributed by atoms with Crippen molar-refractivity contribution in [3.05, 3.63) is 34.3 Å². The number of carbonyl (C=O) groups is 1. The Hall–Kier alpha value is -0.830. The first-order valence-electron chi connectivity index (χ1n) is 5.61.